The summed E-state index contributed by atoms with van der Waals surface area (Å²) in [5.41, 5.74) is 3.62. The smallest absolute Gasteiger partial charge is 0.110 e. The van der Waals surface area contributed by atoms with Gasteiger partial charge in [-0.3, -0.25) is 4.68 Å². The number of rotatable bonds is 6. The summed E-state index contributed by atoms with van der Waals surface area (Å²) < 4.78 is 4.03. The lowest BCUT2D eigenvalue weighted by Gasteiger charge is -2.14. The van der Waals surface area contributed by atoms with Gasteiger partial charge in [-0.05, 0) is 38.5 Å². The molecule has 23 heavy (non-hydrogen) atoms. The summed E-state index contributed by atoms with van der Waals surface area (Å²) in [4.78, 5) is 4.27. The van der Waals surface area contributed by atoms with Gasteiger partial charge in [0.15, 0.2) is 0 Å². The lowest BCUT2D eigenvalue weighted by molar-refractivity contribution is 0.573. The Morgan fingerprint density at radius 3 is 2.61 bits per heavy atom. The monoisotopic (exact) mass is 309 g/mol. The first-order valence-electron chi connectivity index (χ1n) is 8.02. The Labute approximate surface area is 137 Å². The highest BCUT2D eigenvalue weighted by atomic mass is 15.3. The van der Waals surface area contributed by atoms with E-state index in [1.54, 1.807) is 0 Å². The van der Waals surface area contributed by atoms with Gasteiger partial charge in [-0.25, -0.2) is 4.98 Å². The fourth-order valence-electron chi connectivity index (χ4n) is 2.63. The van der Waals surface area contributed by atoms with Crippen molar-refractivity contribution in [2.45, 2.75) is 39.9 Å². The van der Waals surface area contributed by atoms with Crippen LogP contribution < -0.4 is 5.32 Å². The molecule has 1 aromatic carbocycles. The summed E-state index contributed by atoms with van der Waals surface area (Å²) in [6.07, 6.45) is 7.82. The Morgan fingerprint density at radius 1 is 1.22 bits per heavy atom. The van der Waals surface area contributed by atoms with Gasteiger partial charge < -0.3 is 9.88 Å². The number of aryl methyl sites for hydroxylation is 2. The standard InChI is InChI=1S/C18H23N5/c1-4-22-13-16(12-21-22)11-20-14(2)17-5-7-18(8-6-17)23-10-9-19-15(23)3/h5-10,12-14,20H,4,11H2,1-3H3/t14-/m0/s1. The molecule has 0 radical (unpaired) electrons. The van der Waals surface area contributed by atoms with Crippen molar-refractivity contribution in [3.8, 4) is 5.69 Å². The van der Waals surface area contributed by atoms with Crippen LogP contribution in [-0.2, 0) is 13.1 Å². The molecule has 0 aliphatic heterocycles. The van der Waals surface area contributed by atoms with Crippen molar-refractivity contribution in [3.63, 3.8) is 0 Å². The van der Waals surface area contributed by atoms with Gasteiger partial charge in [-0.2, -0.15) is 5.10 Å². The molecule has 1 N–H and O–H groups in total. The third-order valence-corrected chi connectivity index (χ3v) is 4.12. The van der Waals surface area contributed by atoms with E-state index in [1.807, 2.05) is 30.2 Å². The number of hydrogen-bond acceptors (Lipinski definition) is 3. The van der Waals surface area contributed by atoms with E-state index in [9.17, 15) is 0 Å². The topological polar surface area (TPSA) is 47.7 Å². The molecule has 0 spiro atoms. The molecule has 2 aromatic heterocycles. The SMILES string of the molecule is CCn1cc(CN[C@@H](C)c2ccc(-n3ccnc3C)cc2)cn1. The van der Waals surface area contributed by atoms with Crippen LogP contribution in [0.3, 0.4) is 0 Å². The summed E-state index contributed by atoms with van der Waals surface area (Å²) in [5.74, 6) is 0.997. The van der Waals surface area contributed by atoms with Crippen LogP contribution in [0.4, 0.5) is 0 Å². The van der Waals surface area contributed by atoms with E-state index in [0.29, 0.717) is 0 Å². The molecule has 1 atom stereocenters. The molecule has 0 aliphatic rings. The van der Waals surface area contributed by atoms with Crippen molar-refractivity contribution in [1.82, 2.24) is 24.6 Å². The van der Waals surface area contributed by atoms with Crippen LogP contribution in [0.5, 0.6) is 0 Å². The third-order valence-electron chi connectivity index (χ3n) is 4.12. The van der Waals surface area contributed by atoms with Gasteiger partial charge in [0.1, 0.15) is 5.82 Å². The zero-order valence-corrected chi connectivity index (χ0v) is 13.9. The number of hydrogen-bond donors (Lipinski definition) is 1. The quantitative estimate of drug-likeness (QED) is 0.760. The minimum Gasteiger partial charge on any atom is -0.306 e. The van der Waals surface area contributed by atoms with E-state index < -0.39 is 0 Å². The second-order valence-corrected chi connectivity index (χ2v) is 5.74. The van der Waals surface area contributed by atoms with Gasteiger partial charge in [0.2, 0.25) is 0 Å². The first kappa shape index (κ1) is 15.5. The fraction of sp³-hybridized carbons (Fsp3) is 0.333. The zero-order valence-electron chi connectivity index (χ0n) is 13.9. The van der Waals surface area contributed by atoms with Crippen molar-refractivity contribution in [1.29, 1.82) is 0 Å². The van der Waals surface area contributed by atoms with Crippen molar-refractivity contribution in [3.05, 3.63) is 66.0 Å². The summed E-state index contributed by atoms with van der Waals surface area (Å²) in [6.45, 7) is 8.01. The average molecular weight is 309 g/mol. The predicted octanol–water partition coefficient (Wildman–Crippen LogP) is 3.25. The normalized spacial score (nSPS) is 12.5. The number of aromatic nitrogens is 4. The van der Waals surface area contributed by atoms with E-state index in [-0.39, 0.29) is 6.04 Å². The van der Waals surface area contributed by atoms with E-state index >= 15 is 0 Å². The second-order valence-electron chi connectivity index (χ2n) is 5.74. The van der Waals surface area contributed by atoms with Crippen LogP contribution in [0.1, 0.15) is 36.8 Å². The van der Waals surface area contributed by atoms with Crippen LogP contribution in [-0.4, -0.2) is 19.3 Å². The first-order valence-corrected chi connectivity index (χ1v) is 8.02. The van der Waals surface area contributed by atoms with Crippen LogP contribution in [0.25, 0.3) is 5.69 Å². The second kappa shape index (κ2) is 6.79. The number of nitrogens with zero attached hydrogens (tertiary/aromatic N) is 4. The molecular formula is C18H23N5. The Hall–Kier alpha value is -2.40. The summed E-state index contributed by atoms with van der Waals surface area (Å²) >= 11 is 0. The fourth-order valence-corrected chi connectivity index (χ4v) is 2.63. The molecular weight excluding hydrogens is 286 g/mol. The molecule has 3 rings (SSSR count). The van der Waals surface area contributed by atoms with Crippen LogP contribution in [0, 0.1) is 6.92 Å². The third kappa shape index (κ3) is 3.51. The van der Waals surface area contributed by atoms with Gasteiger partial charge in [0.05, 0.1) is 6.20 Å². The summed E-state index contributed by atoms with van der Waals surface area (Å²) in [5, 5.41) is 7.85. The highest BCUT2D eigenvalue weighted by Crippen LogP contribution is 2.17. The molecule has 3 aromatic rings. The maximum absolute atomic E-state index is 4.30. The lowest BCUT2D eigenvalue weighted by atomic mass is 10.1. The Bertz CT molecular complexity index is 754. The molecule has 2 heterocycles. The zero-order chi connectivity index (χ0) is 16.2. The highest BCUT2D eigenvalue weighted by molar-refractivity contribution is 5.36. The number of imidazole rings is 1. The molecule has 0 bridgehead atoms. The van der Waals surface area contributed by atoms with Crippen LogP contribution in [0.15, 0.2) is 49.1 Å². The average Bonchev–Trinajstić information content (AvgIpc) is 3.21. The van der Waals surface area contributed by atoms with Gasteiger partial charge in [0.25, 0.3) is 0 Å². The van der Waals surface area contributed by atoms with Crippen molar-refractivity contribution < 1.29 is 0 Å². The first-order chi connectivity index (χ1) is 11.2. The Balaban J connectivity index is 1.63. The van der Waals surface area contributed by atoms with Crippen molar-refractivity contribution >= 4 is 0 Å². The van der Waals surface area contributed by atoms with Crippen LogP contribution in [0.2, 0.25) is 0 Å². The molecule has 0 unspecified atom stereocenters. The molecule has 0 saturated carbocycles. The lowest BCUT2D eigenvalue weighted by Crippen LogP contribution is -2.17. The minimum atomic E-state index is 0.290. The molecule has 120 valence electrons. The van der Waals surface area contributed by atoms with Gasteiger partial charge in [0, 0.05) is 49.0 Å². The van der Waals surface area contributed by atoms with Gasteiger partial charge >= 0.3 is 0 Å². The maximum atomic E-state index is 4.30. The van der Waals surface area contributed by atoms with Crippen molar-refractivity contribution in [2.24, 2.45) is 0 Å². The highest BCUT2D eigenvalue weighted by Gasteiger charge is 2.07. The van der Waals surface area contributed by atoms with Gasteiger partial charge in [-0.1, -0.05) is 12.1 Å². The largest absolute Gasteiger partial charge is 0.306 e. The Kier molecular flexibility index (Phi) is 4.57. The molecule has 0 fully saturated rings. The van der Waals surface area contributed by atoms with Crippen molar-refractivity contribution in [2.75, 3.05) is 0 Å². The molecule has 0 saturated heterocycles. The van der Waals surface area contributed by atoms with E-state index in [1.165, 1.54) is 11.1 Å². The van der Waals surface area contributed by atoms with E-state index in [4.69, 9.17) is 0 Å². The number of nitrogens with one attached hydrogen (secondary N) is 1. The Morgan fingerprint density at radius 2 is 2.00 bits per heavy atom. The molecule has 5 heteroatoms. The van der Waals surface area contributed by atoms with Crippen LogP contribution >= 0.6 is 0 Å². The summed E-state index contributed by atoms with van der Waals surface area (Å²) in [7, 11) is 0. The molecule has 0 amide bonds. The number of benzene rings is 1. The minimum absolute atomic E-state index is 0.290. The maximum Gasteiger partial charge on any atom is 0.110 e. The predicted molar refractivity (Wildman–Crippen MR) is 91.5 cm³/mol. The van der Waals surface area contributed by atoms with E-state index in [0.717, 1.165) is 24.6 Å². The molecule has 0 aliphatic carbocycles. The van der Waals surface area contributed by atoms with E-state index in [2.05, 4.69) is 64.3 Å². The van der Waals surface area contributed by atoms with Gasteiger partial charge in [-0.15, -0.1) is 0 Å². The summed E-state index contributed by atoms with van der Waals surface area (Å²) in [6, 6.07) is 8.90. The molecule has 5 nitrogen and oxygen atoms in total.